The zero-order chi connectivity index (χ0) is 17.0. The van der Waals surface area contributed by atoms with Crippen LogP contribution in [0.4, 0.5) is 0 Å². The normalized spacial score (nSPS) is 23.3. The second-order valence-corrected chi connectivity index (χ2v) is 7.45. The second kappa shape index (κ2) is 12.0. The molecule has 1 aliphatic rings. The maximum absolute atomic E-state index is 11.0. The van der Waals surface area contributed by atoms with E-state index in [2.05, 4.69) is 6.92 Å². The summed E-state index contributed by atoms with van der Waals surface area (Å²) in [5.74, 6) is -0.604. The zero-order valence-corrected chi connectivity index (χ0v) is 15.6. The Hall–Kier alpha value is -0.410. The molecule has 0 aromatic rings. The number of aldehydes is 1. The van der Waals surface area contributed by atoms with Crippen molar-refractivity contribution in [3.05, 3.63) is 0 Å². The standard InChI is InChI=1S/C20H38O3/c1-4-5-6-7-8-9-10-11-12-13-14-15-16-18-19(17-21)23-20(2,3)22-18/h17-19H,4-16H2,1-3H3/t18-,19+/m1/s1. The monoisotopic (exact) mass is 326 g/mol. The average Bonchev–Trinajstić information content (AvgIpc) is 2.82. The summed E-state index contributed by atoms with van der Waals surface area (Å²) in [6.45, 7) is 6.03. The van der Waals surface area contributed by atoms with Crippen LogP contribution in [0.2, 0.25) is 0 Å². The Morgan fingerprint density at radius 3 is 1.74 bits per heavy atom. The van der Waals surface area contributed by atoms with E-state index in [1.165, 1.54) is 70.6 Å². The van der Waals surface area contributed by atoms with Gasteiger partial charge in [-0.2, -0.15) is 0 Å². The molecular formula is C20H38O3. The SMILES string of the molecule is CCCCCCCCCCCCCC[C@H]1OC(C)(C)O[C@H]1C=O. The van der Waals surface area contributed by atoms with Crippen LogP contribution in [-0.4, -0.2) is 24.3 Å². The number of unbranched alkanes of at least 4 members (excludes halogenated alkanes) is 11. The van der Waals surface area contributed by atoms with Crippen LogP contribution in [0.15, 0.2) is 0 Å². The van der Waals surface area contributed by atoms with Crippen LogP contribution in [0.5, 0.6) is 0 Å². The largest absolute Gasteiger partial charge is 0.344 e. The fraction of sp³-hybridized carbons (Fsp3) is 0.950. The smallest absolute Gasteiger partial charge is 0.164 e. The Bertz CT molecular complexity index is 301. The van der Waals surface area contributed by atoms with Crippen LogP contribution >= 0.6 is 0 Å². The van der Waals surface area contributed by atoms with Gasteiger partial charge in [0.05, 0.1) is 6.10 Å². The summed E-state index contributed by atoms with van der Waals surface area (Å²) in [4.78, 5) is 11.0. The molecule has 0 amide bonds. The van der Waals surface area contributed by atoms with Crippen molar-refractivity contribution in [2.75, 3.05) is 0 Å². The molecule has 1 rings (SSSR count). The van der Waals surface area contributed by atoms with Gasteiger partial charge in [-0.15, -0.1) is 0 Å². The molecule has 0 saturated carbocycles. The molecule has 136 valence electrons. The van der Waals surface area contributed by atoms with Crippen LogP contribution in [0.25, 0.3) is 0 Å². The van der Waals surface area contributed by atoms with Crippen molar-refractivity contribution in [3.8, 4) is 0 Å². The Morgan fingerprint density at radius 2 is 1.26 bits per heavy atom. The Labute approximate surface area is 143 Å². The van der Waals surface area contributed by atoms with Crippen LogP contribution in [-0.2, 0) is 14.3 Å². The van der Waals surface area contributed by atoms with Crippen molar-refractivity contribution >= 4 is 6.29 Å². The predicted molar refractivity (Wildman–Crippen MR) is 95.6 cm³/mol. The van der Waals surface area contributed by atoms with E-state index >= 15 is 0 Å². The number of ether oxygens (including phenoxy) is 2. The van der Waals surface area contributed by atoms with E-state index in [1.54, 1.807) is 0 Å². The molecule has 0 aromatic carbocycles. The van der Waals surface area contributed by atoms with Crippen molar-refractivity contribution in [2.24, 2.45) is 0 Å². The Kier molecular flexibility index (Phi) is 10.8. The van der Waals surface area contributed by atoms with E-state index in [0.717, 1.165) is 19.1 Å². The molecule has 0 aliphatic carbocycles. The predicted octanol–water partition coefficient (Wildman–Crippen LogP) is 5.80. The second-order valence-electron chi connectivity index (χ2n) is 7.45. The van der Waals surface area contributed by atoms with Gasteiger partial charge in [0.25, 0.3) is 0 Å². The van der Waals surface area contributed by atoms with E-state index in [1.807, 2.05) is 13.8 Å². The number of rotatable bonds is 14. The van der Waals surface area contributed by atoms with Crippen LogP contribution in [0.3, 0.4) is 0 Å². The third kappa shape index (κ3) is 9.46. The molecule has 0 radical (unpaired) electrons. The highest BCUT2D eigenvalue weighted by Crippen LogP contribution is 2.30. The molecule has 23 heavy (non-hydrogen) atoms. The molecule has 3 nitrogen and oxygen atoms in total. The van der Waals surface area contributed by atoms with Crippen molar-refractivity contribution in [3.63, 3.8) is 0 Å². The van der Waals surface area contributed by atoms with Gasteiger partial charge < -0.3 is 14.3 Å². The first-order valence-corrected chi connectivity index (χ1v) is 9.90. The highest BCUT2D eigenvalue weighted by molar-refractivity contribution is 5.57. The Balaban J connectivity index is 1.89. The summed E-state index contributed by atoms with van der Waals surface area (Å²) < 4.78 is 11.4. The molecule has 3 heteroatoms. The van der Waals surface area contributed by atoms with Gasteiger partial charge in [0, 0.05) is 0 Å². The fourth-order valence-electron chi connectivity index (χ4n) is 3.39. The van der Waals surface area contributed by atoms with Gasteiger partial charge in [-0.3, -0.25) is 0 Å². The summed E-state index contributed by atoms with van der Waals surface area (Å²) in [5, 5.41) is 0. The maximum Gasteiger partial charge on any atom is 0.164 e. The van der Waals surface area contributed by atoms with E-state index in [9.17, 15) is 4.79 Å². The van der Waals surface area contributed by atoms with Gasteiger partial charge in [-0.1, -0.05) is 84.0 Å². The number of hydrogen-bond donors (Lipinski definition) is 0. The molecule has 1 aliphatic heterocycles. The van der Waals surface area contributed by atoms with E-state index in [-0.39, 0.29) is 12.2 Å². The molecule has 0 aromatic heterocycles. The molecule has 0 N–H and O–H groups in total. The minimum absolute atomic E-state index is 0.0504. The highest BCUT2D eigenvalue weighted by atomic mass is 16.8. The Morgan fingerprint density at radius 1 is 0.783 bits per heavy atom. The van der Waals surface area contributed by atoms with Gasteiger partial charge in [0.15, 0.2) is 12.1 Å². The average molecular weight is 327 g/mol. The lowest BCUT2D eigenvalue weighted by Crippen LogP contribution is -2.23. The zero-order valence-electron chi connectivity index (χ0n) is 15.6. The van der Waals surface area contributed by atoms with E-state index < -0.39 is 5.79 Å². The van der Waals surface area contributed by atoms with Crippen LogP contribution in [0, 0.1) is 0 Å². The summed E-state index contributed by atoms with van der Waals surface area (Å²) in [6.07, 6.45) is 17.6. The van der Waals surface area contributed by atoms with Crippen molar-refractivity contribution in [2.45, 2.75) is 122 Å². The third-order valence-corrected chi connectivity index (χ3v) is 4.70. The summed E-state index contributed by atoms with van der Waals surface area (Å²) in [6, 6.07) is 0. The fourth-order valence-corrected chi connectivity index (χ4v) is 3.39. The maximum atomic E-state index is 11.0. The number of carbonyl (C=O) groups excluding carboxylic acids is 1. The molecule has 1 heterocycles. The van der Waals surface area contributed by atoms with Crippen molar-refractivity contribution < 1.29 is 14.3 Å². The lowest BCUT2D eigenvalue weighted by atomic mass is 10.0. The lowest BCUT2D eigenvalue weighted by molar-refractivity contribution is -0.150. The molecule has 0 unspecified atom stereocenters. The summed E-state index contributed by atoms with van der Waals surface area (Å²) >= 11 is 0. The van der Waals surface area contributed by atoms with Crippen molar-refractivity contribution in [1.82, 2.24) is 0 Å². The van der Waals surface area contributed by atoms with Crippen molar-refractivity contribution in [1.29, 1.82) is 0 Å². The van der Waals surface area contributed by atoms with Gasteiger partial charge in [-0.05, 0) is 20.3 Å². The first-order chi connectivity index (χ1) is 11.1. The van der Waals surface area contributed by atoms with Gasteiger partial charge in [0.1, 0.15) is 6.10 Å². The van der Waals surface area contributed by atoms with E-state index in [4.69, 9.17) is 9.47 Å². The first kappa shape index (κ1) is 20.6. The van der Waals surface area contributed by atoms with Crippen LogP contribution in [0.1, 0.15) is 104 Å². The van der Waals surface area contributed by atoms with Gasteiger partial charge in [-0.25, -0.2) is 0 Å². The molecule has 0 bridgehead atoms. The molecule has 2 atom stereocenters. The topological polar surface area (TPSA) is 35.5 Å². The molecule has 0 spiro atoms. The minimum atomic E-state index is -0.604. The molecule has 1 fully saturated rings. The molecular weight excluding hydrogens is 288 g/mol. The summed E-state index contributed by atoms with van der Waals surface area (Å²) in [7, 11) is 0. The molecule has 1 saturated heterocycles. The summed E-state index contributed by atoms with van der Waals surface area (Å²) in [5.41, 5.74) is 0. The van der Waals surface area contributed by atoms with Gasteiger partial charge in [0.2, 0.25) is 0 Å². The number of carbonyl (C=O) groups is 1. The van der Waals surface area contributed by atoms with E-state index in [0.29, 0.717) is 0 Å². The van der Waals surface area contributed by atoms with Crippen LogP contribution < -0.4 is 0 Å². The van der Waals surface area contributed by atoms with Gasteiger partial charge >= 0.3 is 0 Å². The quantitative estimate of drug-likeness (QED) is 0.299. The highest BCUT2D eigenvalue weighted by Gasteiger charge is 2.40. The third-order valence-electron chi connectivity index (χ3n) is 4.70. The first-order valence-electron chi connectivity index (χ1n) is 9.90. The lowest BCUT2D eigenvalue weighted by Gasteiger charge is -2.16. The minimum Gasteiger partial charge on any atom is -0.344 e. The number of hydrogen-bond acceptors (Lipinski definition) is 3.